The van der Waals surface area contributed by atoms with Gasteiger partial charge in [0.25, 0.3) is 0 Å². The Kier molecular flexibility index (Phi) is 6.83. The minimum absolute atomic E-state index is 0.422. The van der Waals surface area contributed by atoms with Crippen LogP contribution in [0.2, 0.25) is 0 Å². The van der Waals surface area contributed by atoms with E-state index < -0.39 is 5.91 Å². The fraction of sp³-hybridized carbons (Fsp3) is 0.462. The first-order valence-corrected chi connectivity index (χ1v) is 5.94. The van der Waals surface area contributed by atoms with E-state index in [1.165, 1.54) is 0 Å². The predicted octanol–water partition coefficient (Wildman–Crippen LogP) is 1.25. The van der Waals surface area contributed by atoms with Gasteiger partial charge in [-0.25, -0.2) is 0 Å². The van der Waals surface area contributed by atoms with Crippen LogP contribution in [-0.2, 0) is 9.47 Å². The van der Waals surface area contributed by atoms with Gasteiger partial charge in [-0.3, -0.25) is 4.79 Å². The van der Waals surface area contributed by atoms with Crippen LogP contribution in [0.1, 0.15) is 16.8 Å². The molecule has 0 fully saturated rings. The predicted molar refractivity (Wildman–Crippen MR) is 70.8 cm³/mol. The largest absolute Gasteiger partial charge is 0.385 e. The maximum absolute atomic E-state index is 11.0. The number of hydrogen-bond donors (Lipinski definition) is 2. The molecule has 1 amide bonds. The Hall–Kier alpha value is -1.59. The van der Waals surface area contributed by atoms with Crippen LogP contribution in [0.15, 0.2) is 24.3 Å². The van der Waals surface area contributed by atoms with Crippen LogP contribution in [0, 0.1) is 0 Å². The van der Waals surface area contributed by atoms with E-state index in [0.717, 1.165) is 12.1 Å². The van der Waals surface area contributed by atoms with Gasteiger partial charge in [0.15, 0.2) is 0 Å². The van der Waals surface area contributed by atoms with Crippen molar-refractivity contribution in [1.29, 1.82) is 0 Å². The van der Waals surface area contributed by atoms with Gasteiger partial charge in [0.2, 0.25) is 5.91 Å². The molecule has 0 aromatic heterocycles. The minimum Gasteiger partial charge on any atom is -0.385 e. The molecule has 1 rings (SSSR count). The number of nitrogens with one attached hydrogen (secondary N) is 1. The summed E-state index contributed by atoms with van der Waals surface area (Å²) in [5.74, 6) is -0.422. The Balaban J connectivity index is 2.19. The zero-order valence-corrected chi connectivity index (χ0v) is 10.6. The number of anilines is 1. The third kappa shape index (κ3) is 5.65. The summed E-state index contributed by atoms with van der Waals surface area (Å²) in [5.41, 5.74) is 6.57. The van der Waals surface area contributed by atoms with E-state index >= 15 is 0 Å². The zero-order valence-electron chi connectivity index (χ0n) is 10.6. The normalized spacial score (nSPS) is 10.3. The maximum atomic E-state index is 11.0. The summed E-state index contributed by atoms with van der Waals surface area (Å²) in [6.45, 7) is 2.71. The molecule has 1 aromatic rings. The van der Waals surface area contributed by atoms with Gasteiger partial charge in [0, 0.05) is 38.1 Å². The summed E-state index contributed by atoms with van der Waals surface area (Å²) in [5, 5.41) is 3.17. The first-order valence-electron chi connectivity index (χ1n) is 5.94. The van der Waals surface area contributed by atoms with Crippen LogP contribution in [0.5, 0.6) is 0 Å². The number of carbonyl (C=O) groups is 1. The third-order valence-corrected chi connectivity index (χ3v) is 2.36. The van der Waals surface area contributed by atoms with Crippen molar-refractivity contribution >= 4 is 11.6 Å². The number of ether oxygens (including phenoxy) is 2. The van der Waals surface area contributed by atoms with E-state index in [1.54, 1.807) is 25.3 Å². The third-order valence-electron chi connectivity index (χ3n) is 2.36. The first-order chi connectivity index (χ1) is 8.74. The molecule has 0 saturated heterocycles. The van der Waals surface area contributed by atoms with Gasteiger partial charge in [0.05, 0.1) is 6.61 Å². The SMILES string of the molecule is COCCCOCCNc1cccc(C(N)=O)c1. The fourth-order valence-corrected chi connectivity index (χ4v) is 1.46. The van der Waals surface area contributed by atoms with Gasteiger partial charge in [-0.05, 0) is 24.6 Å². The van der Waals surface area contributed by atoms with Gasteiger partial charge in [0.1, 0.15) is 0 Å². The second-order valence-corrected chi connectivity index (χ2v) is 3.83. The van der Waals surface area contributed by atoms with E-state index in [4.69, 9.17) is 15.2 Å². The lowest BCUT2D eigenvalue weighted by molar-refractivity contribution is 0.100. The summed E-state index contributed by atoms with van der Waals surface area (Å²) < 4.78 is 10.3. The molecule has 0 bridgehead atoms. The number of methoxy groups -OCH3 is 1. The van der Waals surface area contributed by atoms with Crippen LogP contribution >= 0.6 is 0 Å². The molecule has 0 spiro atoms. The van der Waals surface area contributed by atoms with Crippen molar-refractivity contribution < 1.29 is 14.3 Å². The Morgan fingerprint density at radius 2 is 2.17 bits per heavy atom. The van der Waals surface area contributed by atoms with Crippen LogP contribution in [0.4, 0.5) is 5.69 Å². The Morgan fingerprint density at radius 3 is 2.89 bits per heavy atom. The molecule has 3 N–H and O–H groups in total. The molecule has 0 unspecified atom stereocenters. The Bertz CT molecular complexity index is 369. The van der Waals surface area contributed by atoms with Crippen LogP contribution in [0.3, 0.4) is 0 Å². The summed E-state index contributed by atoms with van der Waals surface area (Å²) in [6.07, 6.45) is 0.896. The minimum atomic E-state index is -0.422. The van der Waals surface area contributed by atoms with E-state index in [0.29, 0.717) is 31.9 Å². The average molecular weight is 252 g/mol. The van der Waals surface area contributed by atoms with Crippen molar-refractivity contribution in [3.05, 3.63) is 29.8 Å². The van der Waals surface area contributed by atoms with E-state index in [1.807, 2.05) is 6.07 Å². The fourth-order valence-electron chi connectivity index (χ4n) is 1.46. The van der Waals surface area contributed by atoms with Crippen LogP contribution in [0.25, 0.3) is 0 Å². The van der Waals surface area contributed by atoms with Gasteiger partial charge >= 0.3 is 0 Å². The number of rotatable bonds is 9. The molecule has 0 heterocycles. The molecule has 0 radical (unpaired) electrons. The lowest BCUT2D eigenvalue weighted by Gasteiger charge is -2.08. The maximum Gasteiger partial charge on any atom is 0.248 e. The van der Waals surface area contributed by atoms with Gasteiger partial charge in [-0.2, -0.15) is 0 Å². The smallest absolute Gasteiger partial charge is 0.248 e. The van der Waals surface area contributed by atoms with Crippen molar-refractivity contribution in [3.63, 3.8) is 0 Å². The molecule has 100 valence electrons. The number of amides is 1. The van der Waals surface area contributed by atoms with Crippen molar-refractivity contribution in [2.24, 2.45) is 5.73 Å². The highest BCUT2D eigenvalue weighted by Gasteiger charge is 2.00. The van der Waals surface area contributed by atoms with E-state index in [-0.39, 0.29) is 0 Å². The molecule has 0 aliphatic carbocycles. The molecule has 0 saturated carbocycles. The number of nitrogens with two attached hydrogens (primary N) is 1. The van der Waals surface area contributed by atoms with Crippen LogP contribution in [-0.4, -0.2) is 39.4 Å². The second-order valence-electron chi connectivity index (χ2n) is 3.83. The number of carbonyl (C=O) groups excluding carboxylic acids is 1. The number of hydrogen-bond acceptors (Lipinski definition) is 4. The van der Waals surface area contributed by atoms with Crippen molar-refractivity contribution in [2.75, 3.05) is 38.8 Å². The Labute approximate surface area is 107 Å². The zero-order chi connectivity index (χ0) is 13.2. The number of primary amides is 1. The lowest BCUT2D eigenvalue weighted by atomic mass is 10.2. The highest BCUT2D eigenvalue weighted by Crippen LogP contribution is 2.09. The summed E-state index contributed by atoms with van der Waals surface area (Å²) in [6, 6.07) is 7.10. The van der Waals surface area contributed by atoms with Crippen molar-refractivity contribution in [2.45, 2.75) is 6.42 Å². The van der Waals surface area contributed by atoms with Gasteiger partial charge < -0.3 is 20.5 Å². The van der Waals surface area contributed by atoms with Gasteiger partial charge in [-0.15, -0.1) is 0 Å². The molecule has 5 nitrogen and oxygen atoms in total. The van der Waals surface area contributed by atoms with E-state index in [2.05, 4.69) is 5.32 Å². The molecule has 5 heteroatoms. The average Bonchev–Trinajstić information content (AvgIpc) is 2.38. The highest BCUT2D eigenvalue weighted by molar-refractivity contribution is 5.93. The molecular weight excluding hydrogens is 232 g/mol. The topological polar surface area (TPSA) is 73.6 Å². The molecule has 0 atom stereocenters. The molecule has 0 aliphatic heterocycles. The summed E-state index contributed by atoms with van der Waals surface area (Å²) >= 11 is 0. The van der Waals surface area contributed by atoms with Crippen molar-refractivity contribution in [3.8, 4) is 0 Å². The Morgan fingerprint density at radius 1 is 1.33 bits per heavy atom. The summed E-state index contributed by atoms with van der Waals surface area (Å²) in [7, 11) is 1.67. The lowest BCUT2D eigenvalue weighted by Crippen LogP contribution is -2.13. The molecule has 0 aliphatic rings. The monoisotopic (exact) mass is 252 g/mol. The first kappa shape index (κ1) is 14.5. The summed E-state index contributed by atoms with van der Waals surface area (Å²) in [4.78, 5) is 11.0. The van der Waals surface area contributed by atoms with Crippen LogP contribution < -0.4 is 11.1 Å². The second kappa shape index (κ2) is 8.49. The van der Waals surface area contributed by atoms with E-state index in [9.17, 15) is 4.79 Å². The van der Waals surface area contributed by atoms with Gasteiger partial charge in [-0.1, -0.05) is 6.07 Å². The quantitative estimate of drug-likeness (QED) is 0.649. The molecular formula is C13H20N2O3. The molecule has 1 aromatic carbocycles. The highest BCUT2D eigenvalue weighted by atomic mass is 16.5. The van der Waals surface area contributed by atoms with Crippen molar-refractivity contribution in [1.82, 2.24) is 0 Å². The number of benzene rings is 1. The molecule has 18 heavy (non-hydrogen) atoms. The standard InChI is InChI=1S/C13H20N2O3/c1-17-7-3-8-18-9-6-15-12-5-2-4-11(10-12)13(14)16/h2,4-5,10,15H,3,6-9H2,1H3,(H2,14,16).